The summed E-state index contributed by atoms with van der Waals surface area (Å²) in [6.45, 7) is 2.44. The number of hydrogen-bond donors (Lipinski definition) is 0. The number of aryl methyl sites for hydroxylation is 1. The number of aromatic nitrogens is 2. The molecule has 2 aliphatic rings. The van der Waals surface area contributed by atoms with Gasteiger partial charge in [-0.15, -0.1) is 0 Å². The van der Waals surface area contributed by atoms with Crippen LogP contribution < -0.4 is 10.4 Å². The Morgan fingerprint density at radius 3 is 2.90 bits per heavy atom. The number of fused-ring (bicyclic) bond motifs is 3. The zero-order valence-corrected chi connectivity index (χ0v) is 16.9. The van der Waals surface area contributed by atoms with Crippen molar-refractivity contribution in [3.63, 3.8) is 0 Å². The van der Waals surface area contributed by atoms with Crippen molar-refractivity contribution in [2.24, 2.45) is 0 Å². The van der Waals surface area contributed by atoms with E-state index >= 15 is 0 Å². The largest absolute Gasteiger partial charge is 0.475 e. The van der Waals surface area contributed by atoms with Gasteiger partial charge in [-0.1, -0.05) is 36.4 Å². The first-order valence-corrected chi connectivity index (χ1v) is 10.3. The molecule has 0 saturated carbocycles. The Hall–Kier alpha value is -3.47. The minimum atomic E-state index is -0.321. The van der Waals surface area contributed by atoms with Crippen molar-refractivity contribution in [3.05, 3.63) is 70.1 Å². The van der Waals surface area contributed by atoms with Crippen molar-refractivity contribution in [2.45, 2.75) is 19.1 Å². The molecule has 0 N–H and O–H groups in total. The molecule has 2 aromatic carbocycles. The van der Waals surface area contributed by atoms with Crippen LogP contribution in [0.2, 0.25) is 0 Å². The molecule has 0 aliphatic carbocycles. The molecule has 1 aromatic heterocycles. The predicted octanol–water partition coefficient (Wildman–Crippen LogP) is 2.80. The lowest BCUT2D eigenvalue weighted by atomic mass is 9.92. The first kappa shape index (κ1) is 19.5. The second-order valence-electron chi connectivity index (χ2n) is 7.57. The Bertz CT molecular complexity index is 1220. The van der Waals surface area contributed by atoms with Gasteiger partial charge in [0.05, 0.1) is 37.1 Å². The van der Waals surface area contributed by atoms with Gasteiger partial charge >= 0.3 is 5.69 Å². The molecule has 0 radical (unpaired) electrons. The molecule has 0 unspecified atom stereocenters. The normalized spacial score (nSPS) is 17.3. The van der Waals surface area contributed by atoms with Gasteiger partial charge in [0.2, 0.25) is 5.88 Å². The van der Waals surface area contributed by atoms with E-state index in [-0.39, 0.29) is 24.3 Å². The van der Waals surface area contributed by atoms with Gasteiger partial charge in [-0.3, -0.25) is 4.57 Å². The highest BCUT2D eigenvalue weighted by molar-refractivity contribution is 5.76. The first-order valence-electron chi connectivity index (χ1n) is 10.3. The summed E-state index contributed by atoms with van der Waals surface area (Å²) in [7, 11) is 0. The third-order valence-electron chi connectivity index (χ3n) is 5.63. The molecule has 156 valence electrons. The lowest BCUT2D eigenvalue weighted by Gasteiger charge is -2.24. The van der Waals surface area contributed by atoms with Gasteiger partial charge in [0.1, 0.15) is 12.7 Å². The molecule has 5 rings (SSSR count). The molecule has 0 bridgehead atoms. The minimum absolute atomic E-state index is 0.163. The molecule has 3 aromatic rings. The molecule has 31 heavy (non-hydrogen) atoms. The van der Waals surface area contributed by atoms with Crippen molar-refractivity contribution in [1.29, 1.82) is 5.26 Å². The average Bonchev–Trinajstić information content (AvgIpc) is 2.83. The van der Waals surface area contributed by atoms with Crippen LogP contribution in [0.25, 0.3) is 22.4 Å². The van der Waals surface area contributed by atoms with Crippen LogP contribution in [0.15, 0.2) is 53.3 Å². The summed E-state index contributed by atoms with van der Waals surface area (Å²) >= 11 is 0. The van der Waals surface area contributed by atoms with E-state index in [9.17, 15) is 10.1 Å². The van der Waals surface area contributed by atoms with E-state index in [2.05, 4.69) is 17.1 Å². The quantitative estimate of drug-likeness (QED) is 0.651. The van der Waals surface area contributed by atoms with Crippen LogP contribution in [-0.4, -0.2) is 42.1 Å². The summed E-state index contributed by atoms with van der Waals surface area (Å²) in [4.78, 5) is 16.7. The van der Waals surface area contributed by atoms with Gasteiger partial charge < -0.3 is 14.2 Å². The number of ether oxygens (including phenoxy) is 3. The van der Waals surface area contributed by atoms with Crippen LogP contribution in [0.1, 0.15) is 11.1 Å². The first-order chi connectivity index (χ1) is 15.2. The van der Waals surface area contributed by atoms with Crippen LogP contribution in [0.3, 0.4) is 0 Å². The molecular weight excluding hydrogens is 394 g/mol. The molecule has 1 fully saturated rings. The summed E-state index contributed by atoms with van der Waals surface area (Å²) in [5, 5.41) is 9.43. The minimum Gasteiger partial charge on any atom is -0.475 e. The summed E-state index contributed by atoms with van der Waals surface area (Å²) in [5.41, 5.74) is 5.12. The van der Waals surface area contributed by atoms with Crippen LogP contribution in [0, 0.1) is 11.3 Å². The molecule has 7 heteroatoms. The third-order valence-corrected chi connectivity index (χ3v) is 5.63. The van der Waals surface area contributed by atoms with Crippen molar-refractivity contribution in [3.8, 4) is 34.3 Å². The van der Waals surface area contributed by atoms with Crippen molar-refractivity contribution < 1.29 is 14.2 Å². The molecule has 2 aliphatic heterocycles. The molecule has 1 saturated heterocycles. The number of benzene rings is 2. The zero-order valence-electron chi connectivity index (χ0n) is 16.9. The molecule has 3 heterocycles. The van der Waals surface area contributed by atoms with E-state index in [1.807, 2.05) is 42.5 Å². The lowest BCUT2D eigenvalue weighted by Crippen LogP contribution is -2.34. The topological polar surface area (TPSA) is 86.4 Å². The number of nitriles is 1. The molecule has 7 nitrogen and oxygen atoms in total. The summed E-state index contributed by atoms with van der Waals surface area (Å²) in [5.74, 6) is 0.289. The van der Waals surface area contributed by atoms with Gasteiger partial charge in [0, 0.05) is 18.2 Å². The van der Waals surface area contributed by atoms with Crippen LogP contribution in [0.5, 0.6) is 5.88 Å². The Kier molecular flexibility index (Phi) is 5.24. The predicted molar refractivity (Wildman–Crippen MR) is 114 cm³/mol. The smallest absolute Gasteiger partial charge is 0.351 e. The van der Waals surface area contributed by atoms with E-state index < -0.39 is 0 Å². The fourth-order valence-corrected chi connectivity index (χ4v) is 4.09. The Balaban J connectivity index is 1.47. The second kappa shape index (κ2) is 8.34. The van der Waals surface area contributed by atoms with Gasteiger partial charge in [-0.2, -0.15) is 10.2 Å². The number of hydrogen-bond acceptors (Lipinski definition) is 6. The van der Waals surface area contributed by atoms with Crippen LogP contribution in [-0.2, 0) is 22.4 Å². The van der Waals surface area contributed by atoms with Gasteiger partial charge in [0.15, 0.2) is 0 Å². The van der Waals surface area contributed by atoms with E-state index in [0.717, 1.165) is 34.4 Å². The highest BCUT2D eigenvalue weighted by Crippen LogP contribution is 2.34. The molecular formula is C24H21N3O4. The fraction of sp³-hybridized carbons (Fsp3) is 0.292. The van der Waals surface area contributed by atoms with Crippen LogP contribution in [0.4, 0.5) is 0 Å². The van der Waals surface area contributed by atoms with Gasteiger partial charge in [0.25, 0.3) is 0 Å². The van der Waals surface area contributed by atoms with Crippen molar-refractivity contribution in [2.75, 3.05) is 26.4 Å². The summed E-state index contributed by atoms with van der Waals surface area (Å²) in [6.07, 6.45) is 0.560. The molecule has 0 amide bonds. The SMILES string of the molecule is N#Cc1ccccc1-c1ccc2c(c1)CCn1c-2cc(OC[C@@H]2COCCO2)nc1=O. The summed E-state index contributed by atoms with van der Waals surface area (Å²) in [6, 6.07) is 17.7. The van der Waals surface area contributed by atoms with E-state index in [1.54, 1.807) is 4.57 Å². The lowest BCUT2D eigenvalue weighted by molar-refractivity contribution is -0.102. The van der Waals surface area contributed by atoms with Crippen LogP contribution >= 0.6 is 0 Å². The molecule has 0 spiro atoms. The van der Waals surface area contributed by atoms with Gasteiger partial charge in [-0.05, 0) is 29.2 Å². The Labute approximate surface area is 179 Å². The Morgan fingerprint density at radius 1 is 1.16 bits per heavy atom. The maximum atomic E-state index is 12.6. The van der Waals surface area contributed by atoms with Crippen molar-refractivity contribution >= 4 is 0 Å². The standard InChI is InChI=1S/C24H21N3O4/c25-13-18-3-1-2-4-20(18)16-5-6-21-17(11-16)7-8-27-22(21)12-23(26-24(27)28)31-15-19-14-29-9-10-30-19/h1-6,11-12,19H,7-10,14-15H2/t19-/m0/s1. The second-order valence-corrected chi connectivity index (χ2v) is 7.57. The Morgan fingerprint density at radius 2 is 2.06 bits per heavy atom. The highest BCUT2D eigenvalue weighted by Gasteiger charge is 2.21. The summed E-state index contributed by atoms with van der Waals surface area (Å²) < 4.78 is 18.4. The zero-order chi connectivity index (χ0) is 21.2. The third kappa shape index (κ3) is 3.83. The van der Waals surface area contributed by atoms with Crippen molar-refractivity contribution in [1.82, 2.24) is 9.55 Å². The molecule has 1 atom stereocenters. The maximum absolute atomic E-state index is 12.6. The van der Waals surface area contributed by atoms with E-state index in [1.165, 1.54) is 0 Å². The average molecular weight is 415 g/mol. The maximum Gasteiger partial charge on any atom is 0.351 e. The monoisotopic (exact) mass is 415 g/mol. The van der Waals surface area contributed by atoms with E-state index in [0.29, 0.717) is 31.9 Å². The fourth-order valence-electron chi connectivity index (χ4n) is 4.09. The number of nitrogens with zero attached hydrogens (tertiary/aromatic N) is 3. The van der Waals surface area contributed by atoms with Gasteiger partial charge in [-0.25, -0.2) is 4.79 Å². The van der Waals surface area contributed by atoms with E-state index in [4.69, 9.17) is 14.2 Å². The number of rotatable bonds is 4. The highest BCUT2D eigenvalue weighted by atomic mass is 16.6.